The molecule has 1 aromatic rings. The molecule has 2 aliphatic rings. The number of hydrogen-bond donors (Lipinski definition) is 2. The van der Waals surface area contributed by atoms with Crippen molar-refractivity contribution in [1.82, 2.24) is 0 Å². The Bertz CT molecular complexity index is 510. The predicted molar refractivity (Wildman–Crippen MR) is 81.3 cm³/mol. The minimum atomic E-state index is -0.675. The summed E-state index contributed by atoms with van der Waals surface area (Å²) in [4.78, 5) is 12.0. The van der Waals surface area contributed by atoms with Gasteiger partial charge in [-0.1, -0.05) is 12.8 Å². The maximum Gasteiger partial charge on any atom is 0.243 e. The third kappa shape index (κ3) is 2.76. The maximum absolute atomic E-state index is 13.0. The van der Waals surface area contributed by atoms with Crippen LogP contribution in [0.4, 0.5) is 10.1 Å². The number of nitrogens with two attached hydrogens (primary N) is 1. The summed E-state index contributed by atoms with van der Waals surface area (Å²) in [5, 5.41) is 3.29. The zero-order valence-corrected chi connectivity index (χ0v) is 12.3. The van der Waals surface area contributed by atoms with Crippen LogP contribution in [0.15, 0.2) is 24.3 Å². The minimum Gasteiger partial charge on any atom is -0.371 e. The van der Waals surface area contributed by atoms with Crippen LogP contribution in [0.5, 0.6) is 0 Å². The van der Waals surface area contributed by atoms with Crippen molar-refractivity contribution in [1.29, 1.82) is 0 Å². The van der Waals surface area contributed by atoms with E-state index in [-0.39, 0.29) is 11.7 Å². The van der Waals surface area contributed by atoms with Crippen molar-refractivity contribution in [3.63, 3.8) is 0 Å². The molecule has 114 valence electrons. The summed E-state index contributed by atoms with van der Waals surface area (Å²) >= 11 is 0. The van der Waals surface area contributed by atoms with Crippen LogP contribution in [0.25, 0.3) is 0 Å². The van der Waals surface area contributed by atoms with Gasteiger partial charge in [-0.25, -0.2) is 4.39 Å². The Kier molecular flexibility index (Phi) is 3.64. The fourth-order valence-electron chi connectivity index (χ4n) is 4.07. The largest absolute Gasteiger partial charge is 0.371 e. The lowest BCUT2D eigenvalue weighted by atomic mass is 9.66. The van der Waals surface area contributed by atoms with Crippen molar-refractivity contribution < 1.29 is 9.18 Å². The molecule has 3 N–H and O–H groups in total. The Morgan fingerprint density at radius 3 is 2.10 bits per heavy atom. The van der Waals surface area contributed by atoms with E-state index in [2.05, 4.69) is 5.32 Å². The lowest BCUT2D eigenvalue weighted by Gasteiger charge is -2.44. The highest BCUT2D eigenvalue weighted by Crippen LogP contribution is 2.51. The number of rotatable bonds is 3. The highest BCUT2D eigenvalue weighted by Gasteiger charge is 2.46. The molecule has 0 saturated heterocycles. The highest BCUT2D eigenvalue weighted by molar-refractivity contribution is 5.88. The zero-order chi connectivity index (χ0) is 14.9. The van der Waals surface area contributed by atoms with Gasteiger partial charge in [0.15, 0.2) is 0 Å². The number of nitrogens with one attached hydrogen (secondary N) is 1. The topological polar surface area (TPSA) is 55.1 Å². The molecule has 2 saturated carbocycles. The first-order valence-electron chi connectivity index (χ1n) is 7.87. The van der Waals surface area contributed by atoms with Gasteiger partial charge in [0.25, 0.3) is 0 Å². The number of amides is 1. The SMILES string of the molecule is NC(=O)C1(Nc2ccc(F)cc2)CCC2(CCCC2)CC1. The molecule has 0 aliphatic heterocycles. The quantitative estimate of drug-likeness (QED) is 0.893. The first-order chi connectivity index (χ1) is 10.0. The van der Waals surface area contributed by atoms with E-state index in [4.69, 9.17) is 5.73 Å². The van der Waals surface area contributed by atoms with Crippen LogP contribution >= 0.6 is 0 Å². The average Bonchev–Trinajstić information content (AvgIpc) is 2.93. The molecule has 0 bridgehead atoms. The van der Waals surface area contributed by atoms with Gasteiger partial charge in [0.1, 0.15) is 11.4 Å². The van der Waals surface area contributed by atoms with E-state index in [1.165, 1.54) is 37.8 Å². The Morgan fingerprint density at radius 1 is 1.00 bits per heavy atom. The Morgan fingerprint density at radius 2 is 1.57 bits per heavy atom. The molecule has 1 amide bonds. The van der Waals surface area contributed by atoms with E-state index >= 15 is 0 Å². The number of anilines is 1. The molecule has 0 atom stereocenters. The van der Waals surface area contributed by atoms with Gasteiger partial charge in [0, 0.05) is 5.69 Å². The second-order valence-electron chi connectivity index (χ2n) is 6.79. The number of primary amides is 1. The van der Waals surface area contributed by atoms with Gasteiger partial charge in [-0.15, -0.1) is 0 Å². The molecule has 2 fully saturated rings. The van der Waals surface area contributed by atoms with Crippen LogP contribution in [0, 0.1) is 11.2 Å². The summed E-state index contributed by atoms with van der Waals surface area (Å²) in [6, 6.07) is 6.14. The first kappa shape index (κ1) is 14.4. The van der Waals surface area contributed by atoms with Gasteiger partial charge < -0.3 is 11.1 Å². The maximum atomic E-state index is 13.0. The molecule has 1 spiro atoms. The van der Waals surface area contributed by atoms with E-state index in [1.807, 2.05) is 0 Å². The fourth-order valence-corrected chi connectivity index (χ4v) is 4.07. The van der Waals surface area contributed by atoms with E-state index in [0.29, 0.717) is 5.41 Å². The third-order valence-corrected chi connectivity index (χ3v) is 5.53. The molecule has 1 aromatic carbocycles. The molecule has 0 radical (unpaired) electrons. The molecule has 0 heterocycles. The van der Waals surface area contributed by atoms with Gasteiger partial charge in [-0.2, -0.15) is 0 Å². The molecular weight excluding hydrogens is 267 g/mol. The van der Waals surface area contributed by atoms with Crippen LogP contribution in [0.3, 0.4) is 0 Å². The summed E-state index contributed by atoms with van der Waals surface area (Å²) < 4.78 is 13.0. The molecule has 4 heteroatoms. The lowest BCUT2D eigenvalue weighted by Crippen LogP contribution is -2.54. The summed E-state index contributed by atoms with van der Waals surface area (Å²) in [5.74, 6) is -0.568. The van der Waals surface area contributed by atoms with Gasteiger partial charge in [0.2, 0.25) is 5.91 Å². The smallest absolute Gasteiger partial charge is 0.243 e. The second-order valence-corrected chi connectivity index (χ2v) is 6.79. The van der Waals surface area contributed by atoms with Crippen molar-refractivity contribution in [3.8, 4) is 0 Å². The van der Waals surface area contributed by atoms with Crippen LogP contribution in [-0.4, -0.2) is 11.4 Å². The van der Waals surface area contributed by atoms with Crippen molar-refractivity contribution in [2.45, 2.75) is 56.9 Å². The van der Waals surface area contributed by atoms with Crippen molar-refractivity contribution >= 4 is 11.6 Å². The van der Waals surface area contributed by atoms with E-state index in [9.17, 15) is 9.18 Å². The molecule has 2 aliphatic carbocycles. The predicted octanol–water partition coefficient (Wildman–Crippen LogP) is 3.60. The van der Waals surface area contributed by atoms with Gasteiger partial charge >= 0.3 is 0 Å². The number of carbonyl (C=O) groups excluding carboxylic acids is 1. The Balaban J connectivity index is 1.75. The molecule has 3 rings (SSSR count). The third-order valence-electron chi connectivity index (χ3n) is 5.53. The normalized spacial score (nSPS) is 23.1. The monoisotopic (exact) mass is 290 g/mol. The molecular formula is C17H23FN2O. The first-order valence-corrected chi connectivity index (χ1v) is 7.87. The van der Waals surface area contributed by atoms with Crippen molar-refractivity contribution in [3.05, 3.63) is 30.1 Å². The summed E-state index contributed by atoms with van der Waals surface area (Å²) in [5.41, 5.74) is 6.23. The fraction of sp³-hybridized carbons (Fsp3) is 0.588. The Hall–Kier alpha value is -1.58. The van der Waals surface area contributed by atoms with Crippen LogP contribution in [0.2, 0.25) is 0 Å². The molecule has 0 unspecified atom stereocenters. The number of benzene rings is 1. The van der Waals surface area contributed by atoms with Crippen molar-refractivity contribution in [2.75, 3.05) is 5.32 Å². The lowest BCUT2D eigenvalue weighted by molar-refractivity contribution is -0.124. The standard InChI is InChI=1S/C17H23FN2O/c18-13-3-5-14(6-4-13)20-17(15(19)21)11-9-16(10-12-17)7-1-2-8-16/h3-6,20H,1-2,7-12H2,(H2,19,21). The van der Waals surface area contributed by atoms with Crippen LogP contribution in [0.1, 0.15) is 51.4 Å². The van der Waals surface area contributed by atoms with Crippen LogP contribution in [-0.2, 0) is 4.79 Å². The number of halogens is 1. The van der Waals surface area contributed by atoms with Gasteiger partial charge in [-0.3, -0.25) is 4.79 Å². The average molecular weight is 290 g/mol. The summed E-state index contributed by atoms with van der Waals surface area (Å²) in [6.07, 6.45) is 8.88. The molecule has 21 heavy (non-hydrogen) atoms. The van der Waals surface area contributed by atoms with E-state index in [0.717, 1.165) is 31.4 Å². The second kappa shape index (κ2) is 5.32. The molecule has 0 aromatic heterocycles. The van der Waals surface area contributed by atoms with Gasteiger partial charge in [-0.05, 0) is 68.2 Å². The number of carbonyl (C=O) groups is 1. The minimum absolute atomic E-state index is 0.276. The van der Waals surface area contributed by atoms with E-state index < -0.39 is 5.54 Å². The van der Waals surface area contributed by atoms with Crippen molar-refractivity contribution in [2.24, 2.45) is 11.1 Å². The van der Waals surface area contributed by atoms with Crippen LogP contribution < -0.4 is 11.1 Å². The van der Waals surface area contributed by atoms with E-state index in [1.54, 1.807) is 12.1 Å². The molecule has 3 nitrogen and oxygen atoms in total. The highest BCUT2D eigenvalue weighted by atomic mass is 19.1. The Labute approximate surface area is 125 Å². The zero-order valence-electron chi connectivity index (χ0n) is 12.3. The number of hydrogen-bond acceptors (Lipinski definition) is 2. The summed E-state index contributed by atoms with van der Waals surface area (Å²) in [6.45, 7) is 0. The summed E-state index contributed by atoms with van der Waals surface area (Å²) in [7, 11) is 0. The van der Waals surface area contributed by atoms with Gasteiger partial charge in [0.05, 0.1) is 0 Å².